The molecule has 2 N–H and O–H groups in total. The van der Waals surface area contributed by atoms with Crippen molar-refractivity contribution in [3.63, 3.8) is 0 Å². The molecule has 1 aliphatic heterocycles. The Morgan fingerprint density at radius 1 is 1.30 bits per heavy atom. The van der Waals surface area contributed by atoms with Gasteiger partial charge in [-0.1, -0.05) is 0 Å². The summed E-state index contributed by atoms with van der Waals surface area (Å²) in [7, 11) is 0. The highest BCUT2D eigenvalue weighted by molar-refractivity contribution is 4.91. The summed E-state index contributed by atoms with van der Waals surface area (Å²) in [6.07, 6.45) is 5.90. The first-order chi connectivity index (χ1) is 9.65. The zero-order valence-corrected chi connectivity index (χ0v) is 13.2. The maximum atomic E-state index is 9.09. The Hall–Kier alpha value is -0.160. The van der Waals surface area contributed by atoms with Crippen LogP contribution in [0.25, 0.3) is 0 Å². The number of aliphatic hydroxyl groups excluding tert-OH is 1. The lowest BCUT2D eigenvalue weighted by molar-refractivity contribution is -0.0105. The Morgan fingerprint density at radius 3 is 2.55 bits per heavy atom. The fourth-order valence-corrected chi connectivity index (χ4v) is 3.07. The number of rotatable bonds is 9. The molecule has 20 heavy (non-hydrogen) atoms. The largest absolute Gasteiger partial charge is 0.396 e. The maximum Gasteiger partial charge on any atom is 0.0472 e. The molecule has 1 aliphatic carbocycles. The monoisotopic (exact) mass is 284 g/mol. The fraction of sp³-hybridized carbons (Fsp3) is 1.00. The van der Waals surface area contributed by atoms with Crippen molar-refractivity contribution < 1.29 is 9.84 Å². The van der Waals surface area contributed by atoms with Gasteiger partial charge in [0, 0.05) is 51.5 Å². The summed E-state index contributed by atoms with van der Waals surface area (Å²) in [6, 6.07) is 1.32. The van der Waals surface area contributed by atoms with Crippen molar-refractivity contribution in [2.24, 2.45) is 5.41 Å². The predicted octanol–water partition coefficient (Wildman–Crippen LogP) is 1.63. The first-order valence-corrected chi connectivity index (χ1v) is 8.31. The molecule has 0 amide bonds. The van der Waals surface area contributed by atoms with Crippen molar-refractivity contribution in [1.82, 2.24) is 10.2 Å². The molecule has 0 atom stereocenters. The van der Waals surface area contributed by atoms with Gasteiger partial charge in [0.2, 0.25) is 0 Å². The summed E-state index contributed by atoms with van der Waals surface area (Å²) >= 11 is 0. The molecule has 2 aliphatic rings. The number of hydrogen-bond acceptors (Lipinski definition) is 4. The van der Waals surface area contributed by atoms with E-state index in [0.29, 0.717) is 18.1 Å². The van der Waals surface area contributed by atoms with Crippen LogP contribution in [0.15, 0.2) is 0 Å². The zero-order chi connectivity index (χ0) is 14.4. The van der Waals surface area contributed by atoms with E-state index in [1.807, 2.05) is 0 Å². The van der Waals surface area contributed by atoms with E-state index in [1.165, 1.54) is 12.8 Å². The van der Waals surface area contributed by atoms with Gasteiger partial charge in [-0.2, -0.15) is 0 Å². The Bertz CT molecular complexity index is 274. The summed E-state index contributed by atoms with van der Waals surface area (Å²) < 4.78 is 5.58. The third-order valence-corrected chi connectivity index (χ3v) is 4.77. The molecule has 0 radical (unpaired) electrons. The minimum atomic E-state index is 0.291. The van der Waals surface area contributed by atoms with Gasteiger partial charge >= 0.3 is 0 Å². The van der Waals surface area contributed by atoms with E-state index in [9.17, 15) is 0 Å². The van der Waals surface area contributed by atoms with Gasteiger partial charge < -0.3 is 20.1 Å². The van der Waals surface area contributed by atoms with Crippen LogP contribution in [-0.4, -0.2) is 61.5 Å². The zero-order valence-electron chi connectivity index (χ0n) is 13.2. The molecule has 0 aromatic rings. The van der Waals surface area contributed by atoms with Crippen LogP contribution in [0.3, 0.4) is 0 Å². The Kier molecular flexibility index (Phi) is 6.27. The second kappa shape index (κ2) is 7.74. The average molecular weight is 284 g/mol. The predicted molar refractivity (Wildman–Crippen MR) is 81.9 cm³/mol. The van der Waals surface area contributed by atoms with Crippen LogP contribution in [-0.2, 0) is 4.74 Å². The van der Waals surface area contributed by atoms with Crippen molar-refractivity contribution in [2.75, 3.05) is 39.5 Å². The van der Waals surface area contributed by atoms with Gasteiger partial charge in [-0.15, -0.1) is 0 Å². The minimum Gasteiger partial charge on any atom is -0.396 e. The minimum absolute atomic E-state index is 0.291. The highest BCUT2D eigenvalue weighted by Crippen LogP contribution is 2.33. The molecule has 0 aromatic carbocycles. The third-order valence-electron chi connectivity index (χ3n) is 4.77. The first kappa shape index (κ1) is 16.2. The lowest BCUT2D eigenvalue weighted by Gasteiger charge is -2.42. The van der Waals surface area contributed by atoms with E-state index in [-0.39, 0.29) is 0 Å². The molecule has 1 saturated carbocycles. The van der Waals surface area contributed by atoms with Gasteiger partial charge in [0.15, 0.2) is 0 Å². The van der Waals surface area contributed by atoms with Crippen LogP contribution >= 0.6 is 0 Å². The summed E-state index contributed by atoms with van der Waals surface area (Å²) in [5, 5.41) is 12.8. The summed E-state index contributed by atoms with van der Waals surface area (Å²) in [5.41, 5.74) is 0.362. The molecule has 2 rings (SSSR count). The van der Waals surface area contributed by atoms with Crippen molar-refractivity contribution in [1.29, 1.82) is 0 Å². The van der Waals surface area contributed by atoms with Crippen LogP contribution in [0, 0.1) is 5.41 Å². The van der Waals surface area contributed by atoms with Crippen LogP contribution in [0.5, 0.6) is 0 Å². The van der Waals surface area contributed by atoms with Gasteiger partial charge in [0.05, 0.1) is 0 Å². The Labute approximate surface area is 123 Å². The van der Waals surface area contributed by atoms with E-state index in [0.717, 1.165) is 58.2 Å². The fourth-order valence-electron chi connectivity index (χ4n) is 3.07. The Morgan fingerprint density at radius 2 is 2.00 bits per heavy atom. The normalized spacial score (nSPS) is 22.6. The molecule has 2 fully saturated rings. The number of nitrogens with zero attached hydrogens (tertiary/aromatic N) is 1. The van der Waals surface area contributed by atoms with Gasteiger partial charge in [0.25, 0.3) is 0 Å². The molecule has 0 unspecified atom stereocenters. The lowest BCUT2D eigenvalue weighted by Crippen LogP contribution is -2.49. The number of ether oxygens (including phenoxy) is 1. The third kappa shape index (κ3) is 4.99. The molecule has 4 heteroatoms. The molecule has 0 spiro atoms. The van der Waals surface area contributed by atoms with Crippen molar-refractivity contribution >= 4 is 0 Å². The van der Waals surface area contributed by atoms with E-state index in [2.05, 4.69) is 24.1 Å². The molecule has 4 nitrogen and oxygen atoms in total. The topological polar surface area (TPSA) is 44.7 Å². The second-order valence-corrected chi connectivity index (χ2v) is 6.91. The van der Waals surface area contributed by atoms with E-state index in [4.69, 9.17) is 9.84 Å². The van der Waals surface area contributed by atoms with E-state index >= 15 is 0 Å². The van der Waals surface area contributed by atoms with Crippen LogP contribution < -0.4 is 5.32 Å². The molecular weight excluding hydrogens is 252 g/mol. The number of hydrogen-bond donors (Lipinski definition) is 2. The first-order valence-electron chi connectivity index (χ1n) is 8.31. The highest BCUT2D eigenvalue weighted by Gasteiger charge is 2.36. The number of nitrogens with one attached hydrogen (secondary N) is 1. The SMILES string of the molecule is CC(C)N(CCCO)CC1(CNC2CC2)CCOCC1. The Balaban J connectivity index is 1.92. The van der Waals surface area contributed by atoms with Crippen molar-refractivity contribution in [2.45, 2.75) is 58.0 Å². The molecule has 1 saturated heterocycles. The van der Waals surface area contributed by atoms with Crippen LogP contribution in [0.4, 0.5) is 0 Å². The molecular formula is C16H32N2O2. The maximum absolute atomic E-state index is 9.09. The van der Waals surface area contributed by atoms with Gasteiger partial charge in [0.1, 0.15) is 0 Å². The standard InChI is InChI=1S/C16H32N2O2/c1-14(2)18(8-3-9-19)13-16(6-10-20-11-7-16)12-17-15-4-5-15/h14-15,17,19H,3-13H2,1-2H3. The van der Waals surface area contributed by atoms with Crippen LogP contribution in [0.1, 0.15) is 46.0 Å². The second-order valence-electron chi connectivity index (χ2n) is 6.91. The van der Waals surface area contributed by atoms with Crippen molar-refractivity contribution in [3.05, 3.63) is 0 Å². The summed E-state index contributed by atoms with van der Waals surface area (Å²) in [4.78, 5) is 2.54. The molecule has 0 aromatic heterocycles. The van der Waals surface area contributed by atoms with E-state index in [1.54, 1.807) is 0 Å². The van der Waals surface area contributed by atoms with Gasteiger partial charge in [-0.05, 0) is 51.4 Å². The molecule has 0 bridgehead atoms. The average Bonchev–Trinajstić information content (AvgIpc) is 3.26. The van der Waals surface area contributed by atoms with E-state index < -0.39 is 0 Å². The van der Waals surface area contributed by atoms with Gasteiger partial charge in [-0.3, -0.25) is 0 Å². The smallest absolute Gasteiger partial charge is 0.0472 e. The van der Waals surface area contributed by atoms with Gasteiger partial charge in [-0.25, -0.2) is 0 Å². The van der Waals surface area contributed by atoms with Crippen LogP contribution in [0.2, 0.25) is 0 Å². The lowest BCUT2D eigenvalue weighted by atomic mass is 9.79. The molecule has 1 heterocycles. The number of aliphatic hydroxyl groups is 1. The van der Waals surface area contributed by atoms with Crippen molar-refractivity contribution in [3.8, 4) is 0 Å². The summed E-state index contributed by atoms with van der Waals surface area (Å²) in [6.45, 7) is 9.88. The summed E-state index contributed by atoms with van der Waals surface area (Å²) in [5.74, 6) is 0. The molecule has 118 valence electrons. The quantitative estimate of drug-likeness (QED) is 0.675. The highest BCUT2D eigenvalue weighted by atomic mass is 16.5.